The largest absolute Gasteiger partial charge is 0.496 e. The zero-order valence-corrected chi connectivity index (χ0v) is 13.0. The second-order valence-corrected chi connectivity index (χ2v) is 5.88. The summed E-state index contributed by atoms with van der Waals surface area (Å²) in [7, 11) is 0.528. The van der Waals surface area contributed by atoms with E-state index < -0.39 is 10.8 Å². The van der Waals surface area contributed by atoms with Crippen molar-refractivity contribution in [1.82, 2.24) is 0 Å². The summed E-state index contributed by atoms with van der Waals surface area (Å²) in [6, 6.07) is 15.5. The molecule has 0 heterocycles. The zero-order chi connectivity index (χ0) is 15.1. The summed E-state index contributed by atoms with van der Waals surface area (Å²) < 4.78 is 17.3. The maximum Gasteiger partial charge on any atom is 0.126 e. The lowest BCUT2D eigenvalue weighted by molar-refractivity contribution is 0.414. The second kappa shape index (κ2) is 7.60. The Balaban J connectivity index is 2.03. The molecule has 2 aromatic carbocycles. The monoisotopic (exact) mass is 298 g/mol. The van der Waals surface area contributed by atoms with Crippen molar-refractivity contribution in [2.24, 2.45) is 0 Å². The first kappa shape index (κ1) is 15.3. The van der Waals surface area contributed by atoms with E-state index in [2.05, 4.69) is 0 Å². The van der Waals surface area contributed by atoms with Crippen LogP contribution in [0.5, 0.6) is 5.75 Å². The van der Waals surface area contributed by atoms with Gasteiger partial charge in [0.25, 0.3) is 0 Å². The molecule has 0 aliphatic heterocycles. The predicted molar refractivity (Wildman–Crippen MR) is 88.8 cm³/mol. The van der Waals surface area contributed by atoms with Crippen molar-refractivity contribution in [1.29, 1.82) is 0 Å². The van der Waals surface area contributed by atoms with Crippen molar-refractivity contribution in [3.05, 3.63) is 77.2 Å². The van der Waals surface area contributed by atoms with Gasteiger partial charge in [0, 0.05) is 15.9 Å². The molecule has 0 amide bonds. The molecule has 0 radical (unpaired) electrons. The summed E-state index contributed by atoms with van der Waals surface area (Å²) in [6.45, 7) is 2.01. The standard InChI is InChI=1S/C18H18O2S/c1-15-10-12-17(13-11-15)21(19)14-6-5-8-16-7-3-4-9-18(16)20-2/h3-14H,1-2H3/b8-5+,14-6+. The average Bonchev–Trinajstić information content (AvgIpc) is 2.52. The van der Waals surface area contributed by atoms with Crippen molar-refractivity contribution in [2.75, 3.05) is 7.11 Å². The van der Waals surface area contributed by atoms with E-state index in [-0.39, 0.29) is 0 Å². The fourth-order valence-corrected chi connectivity index (χ4v) is 2.63. The molecular weight excluding hydrogens is 280 g/mol. The van der Waals surface area contributed by atoms with Gasteiger partial charge < -0.3 is 4.74 Å². The van der Waals surface area contributed by atoms with Gasteiger partial charge in [-0.3, -0.25) is 0 Å². The van der Waals surface area contributed by atoms with Crippen LogP contribution in [0.3, 0.4) is 0 Å². The predicted octanol–water partition coefficient (Wildman–Crippen LogP) is 4.34. The highest BCUT2D eigenvalue weighted by Gasteiger charge is 1.98. The molecule has 2 aromatic rings. The van der Waals surface area contributed by atoms with Crippen LogP contribution < -0.4 is 4.74 Å². The molecule has 0 aromatic heterocycles. The number of para-hydroxylation sites is 1. The molecule has 0 saturated heterocycles. The Morgan fingerprint density at radius 1 is 1.00 bits per heavy atom. The summed E-state index contributed by atoms with van der Waals surface area (Å²) >= 11 is 0. The van der Waals surface area contributed by atoms with Gasteiger partial charge in [-0.05, 0) is 25.1 Å². The van der Waals surface area contributed by atoms with Crippen LogP contribution in [0.15, 0.2) is 71.0 Å². The minimum atomic E-state index is -1.12. The summed E-state index contributed by atoms with van der Waals surface area (Å²) in [5.74, 6) is 0.821. The van der Waals surface area contributed by atoms with Crippen LogP contribution in [-0.2, 0) is 10.8 Å². The van der Waals surface area contributed by atoms with Gasteiger partial charge in [-0.2, -0.15) is 0 Å². The van der Waals surface area contributed by atoms with Gasteiger partial charge >= 0.3 is 0 Å². The average molecular weight is 298 g/mol. The third-order valence-electron chi connectivity index (χ3n) is 2.98. The fourth-order valence-electron chi connectivity index (χ4n) is 1.83. The minimum Gasteiger partial charge on any atom is -0.496 e. The highest BCUT2D eigenvalue weighted by molar-refractivity contribution is 7.88. The molecule has 1 atom stereocenters. The molecule has 0 aliphatic rings. The van der Waals surface area contributed by atoms with Crippen LogP contribution in [0.4, 0.5) is 0 Å². The van der Waals surface area contributed by atoms with E-state index >= 15 is 0 Å². The lowest BCUT2D eigenvalue weighted by Gasteiger charge is -2.02. The highest BCUT2D eigenvalue weighted by Crippen LogP contribution is 2.18. The third-order valence-corrected chi connectivity index (χ3v) is 4.12. The number of aryl methyl sites for hydroxylation is 1. The molecule has 0 spiro atoms. The Labute approximate surface area is 128 Å². The van der Waals surface area contributed by atoms with E-state index in [0.29, 0.717) is 0 Å². The lowest BCUT2D eigenvalue weighted by Crippen LogP contribution is -1.86. The smallest absolute Gasteiger partial charge is 0.126 e. The molecule has 0 fully saturated rings. The van der Waals surface area contributed by atoms with Crippen LogP contribution in [0.2, 0.25) is 0 Å². The van der Waals surface area contributed by atoms with Gasteiger partial charge in [0.15, 0.2) is 0 Å². The second-order valence-electron chi connectivity index (χ2n) is 4.54. The van der Waals surface area contributed by atoms with Gasteiger partial charge in [0.05, 0.1) is 17.9 Å². The topological polar surface area (TPSA) is 26.3 Å². The van der Waals surface area contributed by atoms with E-state index in [4.69, 9.17) is 4.74 Å². The van der Waals surface area contributed by atoms with Gasteiger partial charge in [-0.1, -0.05) is 54.1 Å². The molecule has 0 saturated carbocycles. The molecule has 2 nitrogen and oxygen atoms in total. The van der Waals surface area contributed by atoms with Crippen LogP contribution in [0, 0.1) is 6.92 Å². The number of allylic oxidation sites excluding steroid dienone is 2. The molecule has 1 unspecified atom stereocenters. The van der Waals surface area contributed by atoms with Crippen molar-refractivity contribution in [2.45, 2.75) is 11.8 Å². The Bertz CT molecular complexity index is 670. The number of hydrogen-bond donors (Lipinski definition) is 0. The molecule has 3 heteroatoms. The highest BCUT2D eigenvalue weighted by atomic mass is 32.2. The molecule has 108 valence electrons. The van der Waals surface area contributed by atoms with Crippen molar-refractivity contribution in [3.8, 4) is 5.75 Å². The van der Waals surface area contributed by atoms with Crippen LogP contribution in [-0.4, -0.2) is 11.3 Å². The Kier molecular flexibility index (Phi) is 5.52. The Hall–Kier alpha value is -2.13. The van der Waals surface area contributed by atoms with Crippen LogP contribution in [0.1, 0.15) is 11.1 Å². The number of methoxy groups -OCH3 is 1. The maximum absolute atomic E-state index is 12.1. The first-order valence-corrected chi connectivity index (χ1v) is 7.87. The number of rotatable bonds is 5. The molecule has 0 N–H and O–H groups in total. The summed E-state index contributed by atoms with van der Waals surface area (Å²) in [5.41, 5.74) is 2.15. The van der Waals surface area contributed by atoms with E-state index in [1.54, 1.807) is 18.6 Å². The Morgan fingerprint density at radius 3 is 2.43 bits per heavy atom. The van der Waals surface area contributed by atoms with Crippen molar-refractivity contribution >= 4 is 16.9 Å². The van der Waals surface area contributed by atoms with Gasteiger partial charge in [-0.25, -0.2) is 4.21 Å². The van der Waals surface area contributed by atoms with Crippen LogP contribution in [0.25, 0.3) is 6.08 Å². The molecular formula is C18H18O2S. The summed E-state index contributed by atoms with van der Waals surface area (Å²) in [6.07, 6.45) is 5.59. The lowest BCUT2D eigenvalue weighted by atomic mass is 10.2. The third kappa shape index (κ3) is 4.43. The Morgan fingerprint density at radius 2 is 1.71 bits per heavy atom. The maximum atomic E-state index is 12.1. The van der Waals surface area contributed by atoms with Gasteiger partial charge in [0.1, 0.15) is 5.75 Å². The molecule has 2 rings (SSSR count). The van der Waals surface area contributed by atoms with Crippen molar-refractivity contribution < 1.29 is 8.95 Å². The number of ether oxygens (including phenoxy) is 1. The quantitative estimate of drug-likeness (QED) is 0.768. The minimum absolute atomic E-state index is 0.808. The SMILES string of the molecule is COc1ccccc1/C=C/C=C/S(=O)c1ccc(C)cc1. The van der Waals surface area contributed by atoms with Gasteiger partial charge in [-0.15, -0.1) is 0 Å². The van der Waals surface area contributed by atoms with E-state index in [1.165, 1.54) is 0 Å². The fraction of sp³-hybridized carbons (Fsp3) is 0.111. The van der Waals surface area contributed by atoms with E-state index in [1.807, 2.05) is 67.6 Å². The normalized spacial score (nSPS) is 12.9. The molecule has 0 bridgehead atoms. The number of benzene rings is 2. The zero-order valence-electron chi connectivity index (χ0n) is 12.2. The van der Waals surface area contributed by atoms with E-state index in [0.717, 1.165) is 21.8 Å². The molecule has 0 aliphatic carbocycles. The summed E-state index contributed by atoms with van der Waals surface area (Å²) in [5, 5.41) is 1.68. The van der Waals surface area contributed by atoms with Crippen LogP contribution >= 0.6 is 0 Å². The van der Waals surface area contributed by atoms with Gasteiger partial charge in [0.2, 0.25) is 0 Å². The van der Waals surface area contributed by atoms with E-state index in [9.17, 15) is 4.21 Å². The number of hydrogen-bond acceptors (Lipinski definition) is 2. The van der Waals surface area contributed by atoms with Crippen molar-refractivity contribution in [3.63, 3.8) is 0 Å². The first-order valence-electron chi connectivity index (χ1n) is 6.66. The summed E-state index contributed by atoms with van der Waals surface area (Å²) in [4.78, 5) is 0.808. The molecule has 21 heavy (non-hydrogen) atoms. The first-order chi connectivity index (χ1) is 10.2.